The van der Waals surface area contributed by atoms with Gasteiger partial charge in [0.1, 0.15) is 5.82 Å². The van der Waals surface area contributed by atoms with Crippen molar-refractivity contribution in [1.29, 1.82) is 0 Å². The van der Waals surface area contributed by atoms with Gasteiger partial charge in [-0.3, -0.25) is 9.40 Å². The summed E-state index contributed by atoms with van der Waals surface area (Å²) in [5, 5.41) is 6.83. The van der Waals surface area contributed by atoms with E-state index < -0.39 is 10.0 Å². The first kappa shape index (κ1) is 12.4. The molecule has 0 spiro atoms. The van der Waals surface area contributed by atoms with E-state index in [9.17, 15) is 8.42 Å². The van der Waals surface area contributed by atoms with Crippen LogP contribution in [-0.2, 0) is 17.1 Å². The zero-order chi connectivity index (χ0) is 13.2. The predicted molar refractivity (Wildman–Crippen MR) is 70.0 cm³/mol. The molecule has 2 aromatic rings. The molecule has 7 heteroatoms. The predicted octanol–water partition coefficient (Wildman–Crippen LogP) is 1.26. The summed E-state index contributed by atoms with van der Waals surface area (Å²) in [6, 6.07) is 8.10. The highest BCUT2D eigenvalue weighted by Crippen LogP contribution is 2.17. The molecule has 0 bridgehead atoms. The first-order chi connectivity index (χ1) is 8.53. The van der Waals surface area contributed by atoms with Crippen LogP contribution >= 0.6 is 0 Å². The molecule has 0 aliphatic rings. The summed E-state index contributed by atoms with van der Waals surface area (Å²) in [6.07, 6.45) is 1.53. The normalized spacial score (nSPS) is 11.2. The van der Waals surface area contributed by atoms with Crippen LogP contribution in [0.1, 0.15) is 0 Å². The van der Waals surface area contributed by atoms with E-state index in [2.05, 4.69) is 15.1 Å². The van der Waals surface area contributed by atoms with Crippen molar-refractivity contribution < 1.29 is 8.42 Å². The fourth-order valence-electron chi connectivity index (χ4n) is 1.47. The summed E-state index contributed by atoms with van der Waals surface area (Å²) in [4.78, 5) is 0.211. The lowest BCUT2D eigenvalue weighted by Gasteiger charge is -2.08. The molecule has 0 saturated heterocycles. The Balaban J connectivity index is 2.28. The van der Waals surface area contributed by atoms with Gasteiger partial charge in [0, 0.05) is 25.8 Å². The van der Waals surface area contributed by atoms with Crippen molar-refractivity contribution in [2.24, 2.45) is 7.05 Å². The largest absolute Gasteiger partial charge is 0.388 e. The molecular weight excluding hydrogens is 252 g/mol. The minimum atomic E-state index is -3.57. The lowest BCUT2D eigenvalue weighted by Crippen LogP contribution is -2.15. The van der Waals surface area contributed by atoms with Gasteiger partial charge in [-0.2, -0.15) is 5.10 Å². The van der Waals surface area contributed by atoms with Gasteiger partial charge in [0.05, 0.1) is 11.1 Å². The van der Waals surface area contributed by atoms with E-state index in [1.54, 1.807) is 44.4 Å². The van der Waals surface area contributed by atoms with E-state index in [4.69, 9.17) is 0 Å². The van der Waals surface area contributed by atoms with Crippen LogP contribution in [0.4, 0.5) is 11.5 Å². The molecule has 0 amide bonds. The second-order valence-corrected chi connectivity index (χ2v) is 5.40. The zero-order valence-corrected chi connectivity index (χ0v) is 10.9. The molecule has 18 heavy (non-hydrogen) atoms. The number of nitrogens with zero attached hydrogens (tertiary/aromatic N) is 2. The molecule has 0 unspecified atom stereocenters. The summed E-state index contributed by atoms with van der Waals surface area (Å²) in [7, 11) is -0.126. The molecule has 1 heterocycles. The minimum absolute atomic E-state index is 0.211. The molecule has 0 aliphatic heterocycles. The summed E-state index contributed by atoms with van der Waals surface area (Å²) in [5.74, 6) is 0.424. The summed E-state index contributed by atoms with van der Waals surface area (Å²) in [6.45, 7) is 0. The van der Waals surface area contributed by atoms with Crippen LogP contribution in [0.3, 0.4) is 0 Å². The van der Waals surface area contributed by atoms with Gasteiger partial charge in [-0.1, -0.05) is 0 Å². The third-order valence-electron chi connectivity index (χ3n) is 2.51. The number of hydrogen-bond donors (Lipinski definition) is 2. The van der Waals surface area contributed by atoms with Crippen LogP contribution in [0.25, 0.3) is 0 Å². The van der Waals surface area contributed by atoms with Crippen LogP contribution < -0.4 is 10.0 Å². The molecule has 0 radical (unpaired) electrons. The van der Waals surface area contributed by atoms with Gasteiger partial charge in [0.25, 0.3) is 10.0 Å². The summed E-state index contributed by atoms with van der Waals surface area (Å²) in [5.41, 5.74) is 0.856. The Hall–Kier alpha value is -2.02. The molecule has 2 rings (SSSR count). The molecule has 1 aromatic heterocycles. The number of anilines is 2. The van der Waals surface area contributed by atoms with Crippen molar-refractivity contribution >= 4 is 21.5 Å². The highest BCUT2D eigenvalue weighted by atomic mass is 32.2. The Morgan fingerprint density at radius 1 is 1.17 bits per heavy atom. The quantitative estimate of drug-likeness (QED) is 0.873. The number of rotatable bonds is 4. The lowest BCUT2D eigenvalue weighted by atomic mass is 10.3. The third-order valence-corrected chi connectivity index (χ3v) is 3.88. The Labute approximate surface area is 106 Å². The fraction of sp³-hybridized carbons (Fsp3) is 0.182. The van der Waals surface area contributed by atoms with Gasteiger partial charge in [-0.15, -0.1) is 0 Å². The van der Waals surface area contributed by atoms with Gasteiger partial charge in [0.15, 0.2) is 0 Å². The smallest absolute Gasteiger partial charge is 0.263 e. The molecule has 2 N–H and O–H groups in total. The zero-order valence-electron chi connectivity index (χ0n) is 10.1. The van der Waals surface area contributed by atoms with Gasteiger partial charge >= 0.3 is 0 Å². The maximum Gasteiger partial charge on any atom is 0.263 e. The van der Waals surface area contributed by atoms with Crippen LogP contribution in [0.5, 0.6) is 0 Å². The van der Waals surface area contributed by atoms with Gasteiger partial charge in [-0.25, -0.2) is 8.42 Å². The van der Waals surface area contributed by atoms with Crippen LogP contribution in [-0.4, -0.2) is 25.2 Å². The number of aromatic nitrogens is 2. The van der Waals surface area contributed by atoms with Gasteiger partial charge in [0.2, 0.25) is 0 Å². The van der Waals surface area contributed by atoms with Crippen LogP contribution in [0.15, 0.2) is 41.4 Å². The maximum atomic E-state index is 12.1. The SMILES string of the molecule is CNc1ccc(S(=O)(=O)Nc2ccnn2C)cc1. The Morgan fingerprint density at radius 3 is 2.33 bits per heavy atom. The van der Waals surface area contributed by atoms with Crippen molar-refractivity contribution in [2.75, 3.05) is 17.1 Å². The first-order valence-corrected chi connectivity index (χ1v) is 6.80. The number of nitrogens with one attached hydrogen (secondary N) is 2. The second kappa shape index (κ2) is 4.69. The van der Waals surface area contributed by atoms with Crippen molar-refractivity contribution in [1.82, 2.24) is 9.78 Å². The Kier molecular flexibility index (Phi) is 3.24. The maximum absolute atomic E-state index is 12.1. The molecule has 0 aliphatic carbocycles. The molecule has 0 saturated carbocycles. The van der Waals surface area contributed by atoms with E-state index in [0.717, 1.165) is 5.69 Å². The molecule has 0 fully saturated rings. The highest BCUT2D eigenvalue weighted by Gasteiger charge is 2.15. The second-order valence-electron chi connectivity index (χ2n) is 3.72. The van der Waals surface area contributed by atoms with E-state index in [0.29, 0.717) is 5.82 Å². The molecular formula is C11H14N4O2S. The van der Waals surface area contributed by atoms with Crippen molar-refractivity contribution in [3.63, 3.8) is 0 Å². The van der Waals surface area contributed by atoms with Crippen molar-refractivity contribution in [3.05, 3.63) is 36.5 Å². The number of benzene rings is 1. The summed E-state index contributed by atoms with van der Waals surface area (Å²) < 4.78 is 28.1. The van der Waals surface area contributed by atoms with Crippen molar-refractivity contribution in [3.8, 4) is 0 Å². The minimum Gasteiger partial charge on any atom is -0.388 e. The van der Waals surface area contributed by atoms with Gasteiger partial charge < -0.3 is 5.32 Å². The number of aryl methyl sites for hydroxylation is 1. The topological polar surface area (TPSA) is 76.0 Å². The average molecular weight is 266 g/mol. The lowest BCUT2D eigenvalue weighted by molar-refractivity contribution is 0.600. The van der Waals surface area contributed by atoms with E-state index in [1.165, 1.54) is 10.9 Å². The highest BCUT2D eigenvalue weighted by molar-refractivity contribution is 7.92. The van der Waals surface area contributed by atoms with Crippen LogP contribution in [0, 0.1) is 0 Å². The monoisotopic (exact) mass is 266 g/mol. The fourth-order valence-corrected chi connectivity index (χ4v) is 2.56. The first-order valence-electron chi connectivity index (χ1n) is 5.31. The number of sulfonamides is 1. The van der Waals surface area contributed by atoms with Crippen molar-refractivity contribution in [2.45, 2.75) is 4.90 Å². The molecule has 6 nitrogen and oxygen atoms in total. The third kappa shape index (κ3) is 2.45. The molecule has 0 atom stereocenters. The van der Waals surface area contributed by atoms with Gasteiger partial charge in [-0.05, 0) is 24.3 Å². The van der Waals surface area contributed by atoms with E-state index in [1.807, 2.05) is 0 Å². The van der Waals surface area contributed by atoms with E-state index in [-0.39, 0.29) is 4.90 Å². The summed E-state index contributed by atoms with van der Waals surface area (Å²) >= 11 is 0. The Bertz CT molecular complexity index is 631. The standard InChI is InChI=1S/C11H14N4O2S/c1-12-9-3-5-10(6-4-9)18(16,17)14-11-7-8-13-15(11)2/h3-8,12,14H,1-2H3. The average Bonchev–Trinajstić information content (AvgIpc) is 2.74. The molecule has 1 aromatic carbocycles. The van der Waals surface area contributed by atoms with E-state index >= 15 is 0 Å². The number of hydrogen-bond acceptors (Lipinski definition) is 4. The molecule has 96 valence electrons. The Morgan fingerprint density at radius 2 is 1.83 bits per heavy atom. The van der Waals surface area contributed by atoms with Crippen LogP contribution in [0.2, 0.25) is 0 Å².